The summed E-state index contributed by atoms with van der Waals surface area (Å²) in [7, 11) is 1.84. The first kappa shape index (κ1) is 15.3. The van der Waals surface area contributed by atoms with Crippen molar-refractivity contribution in [3.8, 4) is 0 Å². The highest BCUT2D eigenvalue weighted by Crippen LogP contribution is 2.20. The van der Waals surface area contributed by atoms with Gasteiger partial charge in [-0.3, -0.25) is 9.48 Å². The summed E-state index contributed by atoms with van der Waals surface area (Å²) in [6.07, 6.45) is 5.09. The minimum atomic E-state index is -0.191. The number of hydrogen-bond donors (Lipinski definition) is 1. The Bertz CT molecular complexity index is 1040. The number of fused-ring (bicyclic) bond motifs is 1. The third-order valence-corrected chi connectivity index (χ3v) is 4.25. The van der Waals surface area contributed by atoms with E-state index in [0.717, 1.165) is 11.1 Å². The molecule has 0 aliphatic carbocycles. The fraction of sp³-hybridized carbons (Fsp3) is 0.158. The number of rotatable bonds is 4. The number of benzene rings is 1. The number of aromatic nitrogens is 3. The fourth-order valence-corrected chi connectivity index (χ4v) is 2.86. The van der Waals surface area contributed by atoms with Crippen LogP contribution in [0, 0.1) is 6.92 Å². The summed E-state index contributed by atoms with van der Waals surface area (Å²) in [4.78, 5) is 12.5. The topological polar surface area (TPSA) is 65.0 Å². The first-order chi connectivity index (χ1) is 12.1. The van der Waals surface area contributed by atoms with Crippen LogP contribution in [-0.4, -0.2) is 20.3 Å². The lowest BCUT2D eigenvalue weighted by molar-refractivity contribution is 0.101. The summed E-state index contributed by atoms with van der Waals surface area (Å²) in [5, 5.41) is 7.19. The number of furan rings is 1. The SMILES string of the molecule is Cc1ccc(Cn2cc(NC(=O)c3cc4occc4n3C)cn2)cc1. The van der Waals surface area contributed by atoms with Crippen molar-refractivity contribution in [3.63, 3.8) is 0 Å². The molecule has 0 saturated carbocycles. The van der Waals surface area contributed by atoms with Gasteiger partial charge in [-0.2, -0.15) is 5.10 Å². The van der Waals surface area contributed by atoms with E-state index in [0.29, 0.717) is 23.5 Å². The number of anilines is 1. The highest BCUT2D eigenvalue weighted by atomic mass is 16.3. The second-order valence-corrected chi connectivity index (χ2v) is 6.12. The Morgan fingerprint density at radius 3 is 2.80 bits per heavy atom. The summed E-state index contributed by atoms with van der Waals surface area (Å²) in [5.41, 5.74) is 5.18. The normalized spacial score (nSPS) is 11.1. The van der Waals surface area contributed by atoms with Gasteiger partial charge in [0.1, 0.15) is 5.69 Å². The van der Waals surface area contributed by atoms with Gasteiger partial charge in [-0.1, -0.05) is 29.8 Å². The van der Waals surface area contributed by atoms with Crippen LogP contribution in [0.4, 0.5) is 5.69 Å². The summed E-state index contributed by atoms with van der Waals surface area (Å²) < 4.78 is 8.95. The Kier molecular flexibility index (Phi) is 3.65. The fourth-order valence-electron chi connectivity index (χ4n) is 2.86. The number of hydrogen-bond acceptors (Lipinski definition) is 3. The van der Waals surface area contributed by atoms with Gasteiger partial charge in [-0.05, 0) is 12.5 Å². The monoisotopic (exact) mass is 334 g/mol. The lowest BCUT2D eigenvalue weighted by Gasteiger charge is -2.04. The average molecular weight is 334 g/mol. The third-order valence-electron chi connectivity index (χ3n) is 4.25. The molecule has 6 heteroatoms. The van der Waals surface area contributed by atoms with Crippen LogP contribution >= 0.6 is 0 Å². The number of nitrogens with one attached hydrogen (secondary N) is 1. The van der Waals surface area contributed by atoms with E-state index in [-0.39, 0.29) is 5.91 Å². The molecule has 1 amide bonds. The van der Waals surface area contributed by atoms with Crippen LogP contribution in [0.1, 0.15) is 21.6 Å². The van der Waals surface area contributed by atoms with Crippen LogP contribution in [0.3, 0.4) is 0 Å². The largest absolute Gasteiger partial charge is 0.463 e. The molecule has 3 heterocycles. The lowest BCUT2D eigenvalue weighted by Crippen LogP contribution is -2.15. The minimum Gasteiger partial charge on any atom is -0.463 e. The number of aryl methyl sites for hydroxylation is 2. The van der Waals surface area contributed by atoms with Crippen LogP contribution in [0.2, 0.25) is 0 Å². The van der Waals surface area contributed by atoms with Crippen molar-refractivity contribution in [2.45, 2.75) is 13.5 Å². The quantitative estimate of drug-likeness (QED) is 0.620. The molecular weight excluding hydrogens is 316 g/mol. The zero-order valence-corrected chi connectivity index (χ0v) is 14.1. The number of carbonyl (C=O) groups is 1. The van der Waals surface area contributed by atoms with E-state index >= 15 is 0 Å². The van der Waals surface area contributed by atoms with E-state index in [9.17, 15) is 4.79 Å². The van der Waals surface area contributed by atoms with E-state index in [1.165, 1.54) is 5.56 Å². The summed E-state index contributed by atoms with van der Waals surface area (Å²) in [6, 6.07) is 11.9. The molecular formula is C19H18N4O2. The molecule has 4 aromatic rings. The summed E-state index contributed by atoms with van der Waals surface area (Å²) in [5.74, 6) is -0.191. The molecule has 0 fully saturated rings. The van der Waals surface area contributed by atoms with Crippen molar-refractivity contribution in [1.29, 1.82) is 0 Å². The second-order valence-electron chi connectivity index (χ2n) is 6.12. The Hall–Kier alpha value is -3.28. The van der Waals surface area contributed by atoms with Crippen LogP contribution in [0.15, 0.2) is 59.5 Å². The van der Waals surface area contributed by atoms with E-state index < -0.39 is 0 Å². The Balaban J connectivity index is 1.48. The van der Waals surface area contributed by atoms with E-state index in [1.807, 2.05) is 23.9 Å². The van der Waals surface area contributed by atoms with Gasteiger partial charge in [-0.15, -0.1) is 0 Å². The van der Waals surface area contributed by atoms with Crippen molar-refractivity contribution in [2.24, 2.45) is 7.05 Å². The smallest absolute Gasteiger partial charge is 0.272 e. The molecule has 25 heavy (non-hydrogen) atoms. The molecule has 126 valence electrons. The van der Waals surface area contributed by atoms with Gasteiger partial charge in [0.25, 0.3) is 5.91 Å². The van der Waals surface area contributed by atoms with Gasteiger partial charge >= 0.3 is 0 Å². The van der Waals surface area contributed by atoms with Gasteiger partial charge in [0.15, 0.2) is 5.58 Å². The molecule has 0 spiro atoms. The number of carbonyl (C=O) groups excluding carboxylic acids is 1. The molecule has 1 aromatic carbocycles. The zero-order chi connectivity index (χ0) is 17.4. The molecule has 0 unspecified atom stereocenters. The maximum Gasteiger partial charge on any atom is 0.272 e. The van der Waals surface area contributed by atoms with E-state index in [4.69, 9.17) is 4.42 Å². The standard InChI is InChI=1S/C19H18N4O2/c1-13-3-5-14(6-4-13)11-23-12-15(10-20-23)21-19(24)17-9-18-16(22(17)2)7-8-25-18/h3-10,12H,11H2,1-2H3,(H,21,24). The van der Waals surface area contributed by atoms with E-state index in [1.54, 1.807) is 23.2 Å². The first-order valence-electron chi connectivity index (χ1n) is 8.02. The Morgan fingerprint density at radius 2 is 2.04 bits per heavy atom. The van der Waals surface area contributed by atoms with Gasteiger partial charge in [-0.25, -0.2) is 0 Å². The molecule has 1 N–H and O–H groups in total. The van der Waals surface area contributed by atoms with Crippen molar-refractivity contribution in [1.82, 2.24) is 14.3 Å². The van der Waals surface area contributed by atoms with Gasteiger partial charge in [0.05, 0.1) is 30.2 Å². The molecule has 0 aliphatic heterocycles. The van der Waals surface area contributed by atoms with Crippen LogP contribution in [-0.2, 0) is 13.6 Å². The van der Waals surface area contributed by atoms with Crippen molar-refractivity contribution < 1.29 is 9.21 Å². The maximum absolute atomic E-state index is 12.5. The molecule has 6 nitrogen and oxygen atoms in total. The Morgan fingerprint density at radius 1 is 1.24 bits per heavy atom. The molecule has 4 rings (SSSR count). The van der Waals surface area contributed by atoms with E-state index in [2.05, 4.69) is 41.6 Å². The molecule has 0 aliphatic rings. The first-order valence-corrected chi connectivity index (χ1v) is 8.02. The molecule has 3 aromatic heterocycles. The van der Waals surface area contributed by atoms with Crippen molar-refractivity contribution >= 4 is 22.7 Å². The predicted molar refractivity (Wildman–Crippen MR) is 95.6 cm³/mol. The summed E-state index contributed by atoms with van der Waals surface area (Å²) >= 11 is 0. The minimum absolute atomic E-state index is 0.191. The van der Waals surface area contributed by atoms with Crippen LogP contribution in [0.5, 0.6) is 0 Å². The maximum atomic E-state index is 12.5. The zero-order valence-electron chi connectivity index (χ0n) is 14.1. The Labute approximate surface area is 144 Å². The van der Waals surface area contributed by atoms with Gasteiger partial charge in [0.2, 0.25) is 0 Å². The molecule has 0 radical (unpaired) electrons. The summed E-state index contributed by atoms with van der Waals surface area (Å²) in [6.45, 7) is 2.72. The molecule has 0 atom stereocenters. The third kappa shape index (κ3) is 2.94. The van der Waals surface area contributed by atoms with Gasteiger partial charge in [0, 0.05) is 25.4 Å². The van der Waals surface area contributed by atoms with Crippen molar-refractivity contribution in [2.75, 3.05) is 5.32 Å². The molecule has 0 saturated heterocycles. The van der Waals surface area contributed by atoms with Crippen molar-refractivity contribution in [3.05, 3.63) is 71.9 Å². The van der Waals surface area contributed by atoms with Crippen LogP contribution < -0.4 is 5.32 Å². The van der Waals surface area contributed by atoms with Crippen LogP contribution in [0.25, 0.3) is 11.1 Å². The van der Waals surface area contributed by atoms with Gasteiger partial charge < -0.3 is 14.3 Å². The average Bonchev–Trinajstić information content (AvgIpc) is 3.28. The number of amides is 1. The predicted octanol–water partition coefficient (Wildman–Crippen LogP) is 3.58. The molecule has 0 bridgehead atoms. The lowest BCUT2D eigenvalue weighted by atomic mass is 10.1. The second kappa shape index (κ2) is 5.98. The number of nitrogens with zero attached hydrogens (tertiary/aromatic N) is 3. The highest BCUT2D eigenvalue weighted by molar-refractivity contribution is 6.05. The highest BCUT2D eigenvalue weighted by Gasteiger charge is 2.15.